The fourth-order valence-corrected chi connectivity index (χ4v) is 4.69. The van der Waals surface area contributed by atoms with Crippen molar-refractivity contribution in [2.24, 2.45) is 0 Å². The Labute approximate surface area is 218 Å². The van der Waals surface area contributed by atoms with E-state index in [9.17, 15) is 9.18 Å². The molecule has 4 heterocycles. The zero-order chi connectivity index (χ0) is 26.1. The Morgan fingerprint density at radius 1 is 0.895 bits per heavy atom. The molecule has 0 atom stereocenters. The SMILES string of the molecule is CCCCC(=O)Nc1cncc(-c2ccc3[nH]nc(-c4cc5c(-c6cccc(F)c6)cncc5[nH]4)c3c2)c1. The first-order valence-corrected chi connectivity index (χ1v) is 12.6. The Morgan fingerprint density at radius 2 is 1.79 bits per heavy atom. The van der Waals surface area contributed by atoms with E-state index in [0.717, 1.165) is 68.3 Å². The molecule has 6 aromatic rings. The number of nitrogens with one attached hydrogen (secondary N) is 3. The van der Waals surface area contributed by atoms with Crippen LogP contribution in [0.5, 0.6) is 0 Å². The van der Waals surface area contributed by atoms with Crippen molar-refractivity contribution >= 4 is 33.4 Å². The van der Waals surface area contributed by atoms with Crippen LogP contribution in [0.1, 0.15) is 26.2 Å². The monoisotopic (exact) mass is 504 g/mol. The highest BCUT2D eigenvalue weighted by atomic mass is 19.1. The van der Waals surface area contributed by atoms with Crippen molar-refractivity contribution in [1.82, 2.24) is 25.1 Å². The fourth-order valence-electron chi connectivity index (χ4n) is 4.69. The maximum Gasteiger partial charge on any atom is 0.224 e. The Hall–Kier alpha value is -4.85. The molecule has 4 aromatic heterocycles. The van der Waals surface area contributed by atoms with Gasteiger partial charge in [0, 0.05) is 40.7 Å². The molecule has 0 fully saturated rings. The van der Waals surface area contributed by atoms with Crippen LogP contribution in [-0.2, 0) is 4.79 Å². The first-order chi connectivity index (χ1) is 18.6. The number of carbonyl (C=O) groups is 1. The van der Waals surface area contributed by atoms with Crippen LogP contribution in [0, 0.1) is 5.82 Å². The van der Waals surface area contributed by atoms with E-state index in [1.165, 1.54) is 12.1 Å². The van der Waals surface area contributed by atoms with Crippen LogP contribution in [0.3, 0.4) is 0 Å². The lowest BCUT2D eigenvalue weighted by Crippen LogP contribution is -2.11. The van der Waals surface area contributed by atoms with Crippen molar-refractivity contribution in [2.75, 3.05) is 5.32 Å². The Morgan fingerprint density at radius 3 is 2.66 bits per heavy atom. The third-order valence-corrected chi connectivity index (χ3v) is 6.61. The topological polar surface area (TPSA) is 99.3 Å². The molecule has 2 aromatic carbocycles. The number of aromatic amines is 2. The number of H-pyrrole nitrogens is 2. The van der Waals surface area contributed by atoms with Crippen LogP contribution in [0.15, 0.2) is 79.4 Å². The molecule has 8 heteroatoms. The largest absolute Gasteiger partial charge is 0.352 e. The summed E-state index contributed by atoms with van der Waals surface area (Å²) in [7, 11) is 0. The predicted molar refractivity (Wildman–Crippen MR) is 148 cm³/mol. The highest BCUT2D eigenvalue weighted by molar-refractivity contribution is 6.01. The van der Waals surface area contributed by atoms with Gasteiger partial charge >= 0.3 is 0 Å². The summed E-state index contributed by atoms with van der Waals surface area (Å²) < 4.78 is 13.9. The van der Waals surface area contributed by atoms with Gasteiger partial charge in [-0.2, -0.15) is 5.10 Å². The fraction of sp³-hybridized carbons (Fsp3) is 0.133. The molecule has 1 amide bonds. The molecule has 0 aliphatic carbocycles. The molecular weight excluding hydrogens is 479 g/mol. The molecule has 0 saturated carbocycles. The molecule has 188 valence electrons. The summed E-state index contributed by atoms with van der Waals surface area (Å²) in [6, 6.07) is 16.5. The van der Waals surface area contributed by atoms with E-state index < -0.39 is 0 Å². The summed E-state index contributed by atoms with van der Waals surface area (Å²) in [4.78, 5) is 24.3. The molecule has 6 rings (SSSR count). The number of amides is 1. The number of nitrogens with zero attached hydrogens (tertiary/aromatic N) is 3. The Bertz CT molecular complexity index is 1790. The minimum absolute atomic E-state index is 0.00992. The highest BCUT2D eigenvalue weighted by Gasteiger charge is 2.15. The second-order valence-corrected chi connectivity index (χ2v) is 9.29. The molecule has 7 nitrogen and oxygen atoms in total. The van der Waals surface area contributed by atoms with Gasteiger partial charge in [-0.05, 0) is 53.9 Å². The number of halogens is 1. The van der Waals surface area contributed by atoms with E-state index in [2.05, 4.69) is 43.5 Å². The Kier molecular flexibility index (Phi) is 6.13. The van der Waals surface area contributed by atoms with Crippen LogP contribution >= 0.6 is 0 Å². The molecule has 0 aliphatic rings. The van der Waals surface area contributed by atoms with E-state index in [0.29, 0.717) is 12.1 Å². The van der Waals surface area contributed by atoms with Gasteiger partial charge in [0.15, 0.2) is 0 Å². The van der Waals surface area contributed by atoms with Gasteiger partial charge in [0.25, 0.3) is 0 Å². The van der Waals surface area contributed by atoms with E-state index in [-0.39, 0.29) is 11.7 Å². The summed E-state index contributed by atoms with van der Waals surface area (Å²) in [5, 5.41) is 12.5. The predicted octanol–water partition coefficient (Wildman–Crippen LogP) is 7.10. The van der Waals surface area contributed by atoms with Gasteiger partial charge in [0.2, 0.25) is 5.91 Å². The third-order valence-electron chi connectivity index (χ3n) is 6.61. The number of aromatic nitrogens is 5. The van der Waals surface area contributed by atoms with Crippen molar-refractivity contribution < 1.29 is 9.18 Å². The van der Waals surface area contributed by atoms with Crippen LogP contribution in [-0.4, -0.2) is 31.1 Å². The van der Waals surface area contributed by atoms with Gasteiger partial charge < -0.3 is 10.3 Å². The van der Waals surface area contributed by atoms with Crippen LogP contribution < -0.4 is 5.32 Å². The smallest absolute Gasteiger partial charge is 0.224 e. The van der Waals surface area contributed by atoms with Gasteiger partial charge in [-0.1, -0.05) is 31.5 Å². The lowest BCUT2D eigenvalue weighted by molar-refractivity contribution is -0.116. The molecule has 3 N–H and O–H groups in total. The summed E-state index contributed by atoms with van der Waals surface area (Å²) in [5.74, 6) is -0.301. The standard InChI is InChI=1S/C30H25FN6O/c1-2-3-7-29(38)34-22-11-20(14-32-15-22)18-8-9-26-24(12-18)30(37-36-26)27-13-23-25(16-33-17-28(23)35-27)19-5-4-6-21(31)10-19/h4-6,8-17,35H,2-3,7H2,1H3,(H,34,38)(H,36,37). The second kappa shape index (κ2) is 9.89. The van der Waals surface area contributed by atoms with Gasteiger partial charge in [-0.3, -0.25) is 19.9 Å². The average Bonchev–Trinajstić information content (AvgIpc) is 3.55. The summed E-state index contributed by atoms with van der Waals surface area (Å²) in [5.41, 5.74) is 7.43. The van der Waals surface area contributed by atoms with Crippen molar-refractivity contribution in [1.29, 1.82) is 0 Å². The molecular formula is C30H25FN6O. The minimum atomic E-state index is -0.292. The minimum Gasteiger partial charge on any atom is -0.352 e. The normalized spacial score (nSPS) is 11.3. The number of anilines is 1. The van der Waals surface area contributed by atoms with E-state index >= 15 is 0 Å². The molecule has 0 saturated heterocycles. The number of rotatable bonds is 7. The number of hydrogen-bond acceptors (Lipinski definition) is 4. The molecule has 0 spiro atoms. The number of carbonyl (C=O) groups excluding carboxylic acids is 1. The van der Waals surface area contributed by atoms with Gasteiger partial charge in [0.05, 0.1) is 34.8 Å². The summed E-state index contributed by atoms with van der Waals surface area (Å²) in [6.07, 6.45) is 9.26. The van der Waals surface area contributed by atoms with Crippen LogP contribution in [0.4, 0.5) is 10.1 Å². The number of unbranched alkanes of at least 4 members (excludes halogenated alkanes) is 1. The lowest BCUT2D eigenvalue weighted by atomic mass is 10.0. The highest BCUT2D eigenvalue weighted by Crippen LogP contribution is 2.35. The molecule has 0 aliphatic heterocycles. The van der Waals surface area contributed by atoms with Crippen LogP contribution in [0.2, 0.25) is 0 Å². The molecule has 0 unspecified atom stereocenters. The maximum absolute atomic E-state index is 13.9. The average molecular weight is 505 g/mol. The zero-order valence-corrected chi connectivity index (χ0v) is 20.8. The number of pyridine rings is 2. The van der Waals surface area contributed by atoms with Crippen LogP contribution in [0.25, 0.3) is 55.4 Å². The zero-order valence-electron chi connectivity index (χ0n) is 20.8. The number of hydrogen-bond donors (Lipinski definition) is 3. The van der Waals surface area contributed by atoms with E-state index in [1.807, 2.05) is 30.3 Å². The lowest BCUT2D eigenvalue weighted by Gasteiger charge is -2.07. The third kappa shape index (κ3) is 4.52. The quantitative estimate of drug-likeness (QED) is 0.216. The van der Waals surface area contributed by atoms with Crippen molar-refractivity contribution in [3.05, 3.63) is 85.2 Å². The van der Waals surface area contributed by atoms with Crippen molar-refractivity contribution in [3.8, 4) is 33.6 Å². The molecule has 38 heavy (non-hydrogen) atoms. The van der Waals surface area contributed by atoms with E-state index in [1.54, 1.807) is 30.9 Å². The first-order valence-electron chi connectivity index (χ1n) is 12.6. The van der Waals surface area contributed by atoms with Gasteiger partial charge in [0.1, 0.15) is 11.5 Å². The second-order valence-electron chi connectivity index (χ2n) is 9.29. The number of fused-ring (bicyclic) bond motifs is 2. The summed E-state index contributed by atoms with van der Waals surface area (Å²) >= 11 is 0. The van der Waals surface area contributed by atoms with Crippen molar-refractivity contribution in [3.63, 3.8) is 0 Å². The number of benzene rings is 2. The molecule has 0 radical (unpaired) electrons. The first kappa shape index (κ1) is 23.5. The van der Waals surface area contributed by atoms with Gasteiger partial charge in [-0.25, -0.2) is 4.39 Å². The Balaban J connectivity index is 1.37. The molecule has 0 bridgehead atoms. The van der Waals surface area contributed by atoms with E-state index in [4.69, 9.17) is 0 Å². The van der Waals surface area contributed by atoms with Crippen molar-refractivity contribution in [2.45, 2.75) is 26.2 Å². The maximum atomic E-state index is 13.9. The van der Waals surface area contributed by atoms with Gasteiger partial charge in [-0.15, -0.1) is 0 Å². The summed E-state index contributed by atoms with van der Waals surface area (Å²) in [6.45, 7) is 2.06.